The van der Waals surface area contributed by atoms with Crippen LogP contribution in [0.25, 0.3) is 0 Å². The SMILES string of the molecule is CCC(C)N1CCN(c2cc(NC)nc(C(C)C)n2)CC1. The van der Waals surface area contributed by atoms with Gasteiger partial charge in [0.05, 0.1) is 0 Å². The molecular weight excluding hydrogens is 262 g/mol. The molecule has 0 radical (unpaired) electrons. The zero-order chi connectivity index (χ0) is 15.4. The monoisotopic (exact) mass is 291 g/mol. The molecule has 1 unspecified atom stereocenters. The van der Waals surface area contributed by atoms with Crippen LogP contribution in [0.4, 0.5) is 11.6 Å². The first-order valence-corrected chi connectivity index (χ1v) is 8.10. The molecule has 0 aromatic carbocycles. The van der Waals surface area contributed by atoms with E-state index >= 15 is 0 Å². The molecule has 2 rings (SSSR count). The molecule has 1 aromatic rings. The number of hydrogen-bond acceptors (Lipinski definition) is 5. The van der Waals surface area contributed by atoms with Crippen molar-refractivity contribution in [3.05, 3.63) is 11.9 Å². The van der Waals surface area contributed by atoms with E-state index in [4.69, 9.17) is 4.98 Å². The van der Waals surface area contributed by atoms with Gasteiger partial charge in [-0.3, -0.25) is 4.90 Å². The van der Waals surface area contributed by atoms with Gasteiger partial charge in [-0.15, -0.1) is 0 Å². The maximum atomic E-state index is 4.75. The summed E-state index contributed by atoms with van der Waals surface area (Å²) in [7, 11) is 1.91. The second kappa shape index (κ2) is 7.07. The van der Waals surface area contributed by atoms with Gasteiger partial charge in [0.1, 0.15) is 17.5 Å². The molecule has 2 heterocycles. The number of nitrogens with one attached hydrogen (secondary N) is 1. The Hall–Kier alpha value is -1.36. The minimum Gasteiger partial charge on any atom is -0.373 e. The predicted octanol–water partition coefficient (Wildman–Crippen LogP) is 2.56. The summed E-state index contributed by atoms with van der Waals surface area (Å²) in [6.45, 7) is 13.2. The Morgan fingerprint density at radius 3 is 2.33 bits per heavy atom. The number of hydrogen-bond donors (Lipinski definition) is 1. The molecule has 0 bridgehead atoms. The summed E-state index contributed by atoms with van der Waals surface area (Å²) in [5.41, 5.74) is 0. The van der Waals surface area contributed by atoms with Crippen molar-refractivity contribution in [3.8, 4) is 0 Å². The fourth-order valence-electron chi connectivity index (χ4n) is 2.65. The van der Waals surface area contributed by atoms with Gasteiger partial charge in [-0.05, 0) is 13.3 Å². The van der Waals surface area contributed by atoms with Crippen molar-refractivity contribution in [2.75, 3.05) is 43.4 Å². The van der Waals surface area contributed by atoms with Crippen LogP contribution in [-0.2, 0) is 0 Å². The Morgan fingerprint density at radius 1 is 1.14 bits per heavy atom. The lowest BCUT2D eigenvalue weighted by molar-refractivity contribution is 0.192. The van der Waals surface area contributed by atoms with E-state index < -0.39 is 0 Å². The van der Waals surface area contributed by atoms with E-state index in [1.165, 1.54) is 6.42 Å². The molecular formula is C16H29N5. The van der Waals surface area contributed by atoms with Gasteiger partial charge < -0.3 is 10.2 Å². The summed E-state index contributed by atoms with van der Waals surface area (Å²) in [6.07, 6.45) is 1.22. The van der Waals surface area contributed by atoms with E-state index in [2.05, 4.69) is 53.9 Å². The molecule has 1 saturated heterocycles. The molecule has 5 heteroatoms. The molecule has 0 spiro atoms. The summed E-state index contributed by atoms with van der Waals surface area (Å²) < 4.78 is 0. The Morgan fingerprint density at radius 2 is 1.81 bits per heavy atom. The molecule has 1 fully saturated rings. The predicted molar refractivity (Wildman–Crippen MR) is 89.2 cm³/mol. The topological polar surface area (TPSA) is 44.3 Å². The first-order chi connectivity index (χ1) is 10.0. The fraction of sp³-hybridized carbons (Fsp3) is 0.750. The van der Waals surface area contributed by atoms with Crippen molar-refractivity contribution in [2.45, 2.75) is 46.1 Å². The van der Waals surface area contributed by atoms with Gasteiger partial charge in [0.2, 0.25) is 0 Å². The Kier molecular flexibility index (Phi) is 5.39. The lowest BCUT2D eigenvalue weighted by atomic mass is 10.2. The van der Waals surface area contributed by atoms with Crippen LogP contribution in [0, 0.1) is 0 Å². The van der Waals surface area contributed by atoms with Crippen molar-refractivity contribution >= 4 is 11.6 Å². The highest BCUT2D eigenvalue weighted by Gasteiger charge is 2.22. The molecule has 1 N–H and O–H groups in total. The molecule has 1 aromatic heterocycles. The van der Waals surface area contributed by atoms with Crippen molar-refractivity contribution in [2.24, 2.45) is 0 Å². The number of anilines is 2. The highest BCUT2D eigenvalue weighted by molar-refractivity contribution is 5.49. The molecule has 1 atom stereocenters. The molecule has 0 saturated carbocycles. The molecule has 0 amide bonds. The Labute approximate surface area is 128 Å². The standard InChI is InChI=1S/C16H29N5/c1-6-13(4)20-7-9-21(10-8-20)15-11-14(17-5)18-16(19-15)12(2)3/h11-13H,6-10H2,1-5H3,(H,17,18,19). The van der Waals surface area contributed by atoms with Crippen molar-refractivity contribution in [1.82, 2.24) is 14.9 Å². The minimum absolute atomic E-state index is 0.346. The lowest BCUT2D eigenvalue weighted by Gasteiger charge is -2.38. The van der Waals surface area contributed by atoms with Crippen LogP contribution in [-0.4, -0.2) is 54.1 Å². The number of nitrogens with zero attached hydrogens (tertiary/aromatic N) is 4. The summed E-state index contributed by atoms with van der Waals surface area (Å²) >= 11 is 0. The van der Waals surface area contributed by atoms with E-state index in [0.29, 0.717) is 12.0 Å². The normalized spacial score (nSPS) is 18.1. The summed E-state index contributed by atoms with van der Waals surface area (Å²) in [5.74, 6) is 3.23. The van der Waals surface area contributed by atoms with Gasteiger partial charge in [0.15, 0.2) is 0 Å². The second-order valence-corrected chi connectivity index (χ2v) is 6.15. The van der Waals surface area contributed by atoms with Crippen LogP contribution in [0.3, 0.4) is 0 Å². The molecule has 1 aliphatic rings. The minimum atomic E-state index is 0.346. The molecule has 0 aliphatic carbocycles. The van der Waals surface area contributed by atoms with E-state index in [9.17, 15) is 0 Å². The highest BCUT2D eigenvalue weighted by atomic mass is 15.3. The molecule has 21 heavy (non-hydrogen) atoms. The smallest absolute Gasteiger partial charge is 0.135 e. The van der Waals surface area contributed by atoms with Gasteiger partial charge in [-0.1, -0.05) is 20.8 Å². The zero-order valence-electron chi connectivity index (χ0n) is 14.1. The summed E-state index contributed by atoms with van der Waals surface area (Å²) in [4.78, 5) is 14.2. The largest absolute Gasteiger partial charge is 0.373 e. The van der Waals surface area contributed by atoms with Gasteiger partial charge >= 0.3 is 0 Å². The van der Waals surface area contributed by atoms with Crippen molar-refractivity contribution < 1.29 is 0 Å². The van der Waals surface area contributed by atoms with Crippen LogP contribution in [0.5, 0.6) is 0 Å². The maximum Gasteiger partial charge on any atom is 0.135 e. The fourth-order valence-corrected chi connectivity index (χ4v) is 2.65. The summed E-state index contributed by atoms with van der Waals surface area (Å²) in [6, 6.07) is 2.74. The second-order valence-electron chi connectivity index (χ2n) is 6.15. The third kappa shape index (κ3) is 3.84. The third-order valence-electron chi connectivity index (χ3n) is 4.35. The van der Waals surface area contributed by atoms with Crippen LogP contribution in [0.1, 0.15) is 45.9 Å². The van der Waals surface area contributed by atoms with Gasteiger partial charge in [-0.2, -0.15) is 0 Å². The Balaban J connectivity index is 2.10. The highest BCUT2D eigenvalue weighted by Crippen LogP contribution is 2.21. The van der Waals surface area contributed by atoms with E-state index in [1.807, 2.05) is 7.05 Å². The third-order valence-corrected chi connectivity index (χ3v) is 4.35. The number of aromatic nitrogens is 2. The molecule has 1 aliphatic heterocycles. The van der Waals surface area contributed by atoms with Crippen LogP contribution in [0.15, 0.2) is 6.07 Å². The van der Waals surface area contributed by atoms with Crippen LogP contribution >= 0.6 is 0 Å². The number of rotatable bonds is 5. The molecule has 118 valence electrons. The van der Waals surface area contributed by atoms with Gasteiger partial charge in [0.25, 0.3) is 0 Å². The average molecular weight is 291 g/mol. The first kappa shape index (κ1) is 16.0. The quantitative estimate of drug-likeness (QED) is 0.903. The first-order valence-electron chi connectivity index (χ1n) is 8.10. The van der Waals surface area contributed by atoms with Crippen molar-refractivity contribution in [3.63, 3.8) is 0 Å². The van der Waals surface area contributed by atoms with Crippen LogP contribution in [0.2, 0.25) is 0 Å². The maximum absolute atomic E-state index is 4.75. The van der Waals surface area contributed by atoms with E-state index in [1.54, 1.807) is 0 Å². The van der Waals surface area contributed by atoms with Crippen LogP contribution < -0.4 is 10.2 Å². The summed E-state index contributed by atoms with van der Waals surface area (Å²) in [5, 5.41) is 3.15. The Bertz CT molecular complexity index is 452. The van der Waals surface area contributed by atoms with Gasteiger partial charge in [0, 0.05) is 51.3 Å². The van der Waals surface area contributed by atoms with E-state index in [0.717, 1.165) is 43.6 Å². The average Bonchev–Trinajstić information content (AvgIpc) is 2.53. The van der Waals surface area contributed by atoms with E-state index in [-0.39, 0.29) is 0 Å². The van der Waals surface area contributed by atoms with Crippen molar-refractivity contribution in [1.29, 1.82) is 0 Å². The van der Waals surface area contributed by atoms with Gasteiger partial charge in [-0.25, -0.2) is 9.97 Å². The molecule has 5 nitrogen and oxygen atoms in total. The lowest BCUT2D eigenvalue weighted by Crippen LogP contribution is -2.49. The zero-order valence-corrected chi connectivity index (χ0v) is 14.1. The number of piperazine rings is 1.